The van der Waals surface area contributed by atoms with Crippen molar-refractivity contribution in [3.8, 4) is 5.75 Å². The maximum Gasteiger partial charge on any atom is 0.278 e. The molecule has 37 heavy (non-hydrogen) atoms. The zero-order chi connectivity index (χ0) is 25.4. The molecule has 2 unspecified atom stereocenters. The third kappa shape index (κ3) is 3.28. The highest BCUT2D eigenvalue weighted by molar-refractivity contribution is 7.98. The maximum atomic E-state index is 15.2. The van der Waals surface area contributed by atoms with Crippen LogP contribution in [-0.4, -0.2) is 46.5 Å². The molecule has 1 amide bonds. The predicted octanol–water partition coefficient (Wildman–Crippen LogP) is 3.61. The summed E-state index contributed by atoms with van der Waals surface area (Å²) in [5.74, 6) is -2.22. The Morgan fingerprint density at radius 1 is 1.00 bits per heavy atom. The number of rotatable bonds is 1. The molecule has 7 rings (SSSR count). The molecule has 0 radical (unpaired) electrons. The minimum absolute atomic E-state index is 0.125. The molecule has 7 nitrogen and oxygen atoms in total. The topological polar surface area (TPSA) is 75.0 Å². The molecule has 3 aromatic rings. The van der Waals surface area contributed by atoms with Gasteiger partial charge in [0.1, 0.15) is 6.17 Å². The van der Waals surface area contributed by atoms with Crippen LogP contribution < -0.4 is 10.4 Å². The number of hydrogen-bond donors (Lipinski definition) is 1. The molecule has 4 aliphatic rings. The number of pyridine rings is 1. The number of halogens is 2. The van der Waals surface area contributed by atoms with E-state index in [0.717, 1.165) is 16.5 Å². The van der Waals surface area contributed by atoms with Crippen LogP contribution in [0.15, 0.2) is 58.4 Å². The van der Waals surface area contributed by atoms with Gasteiger partial charge in [-0.3, -0.25) is 19.3 Å². The zero-order valence-electron chi connectivity index (χ0n) is 19.6. The Morgan fingerprint density at radius 2 is 1.81 bits per heavy atom. The second-order valence-electron chi connectivity index (χ2n) is 9.99. The molecular formula is C27H23F2N3O4S. The van der Waals surface area contributed by atoms with E-state index in [1.807, 2.05) is 29.3 Å². The summed E-state index contributed by atoms with van der Waals surface area (Å²) >= 11 is 1.43. The zero-order valence-corrected chi connectivity index (χ0v) is 20.5. The second kappa shape index (κ2) is 8.32. The first-order valence-electron chi connectivity index (χ1n) is 12.2. The molecule has 0 bridgehead atoms. The molecule has 2 aromatic carbocycles. The van der Waals surface area contributed by atoms with Gasteiger partial charge in [-0.15, -0.1) is 11.8 Å². The number of carbonyl (C=O) groups excluding carboxylic acids is 1. The summed E-state index contributed by atoms with van der Waals surface area (Å²) in [6.45, 7) is 1.55. The Balaban J connectivity index is 1.52. The molecule has 2 fully saturated rings. The minimum Gasteiger partial charge on any atom is -0.502 e. The fourth-order valence-electron chi connectivity index (χ4n) is 6.28. The molecular weight excluding hydrogens is 500 g/mol. The molecule has 2 saturated heterocycles. The first-order chi connectivity index (χ1) is 17.9. The van der Waals surface area contributed by atoms with E-state index in [0.29, 0.717) is 31.7 Å². The molecule has 190 valence electrons. The number of benzene rings is 2. The lowest BCUT2D eigenvalue weighted by Gasteiger charge is -2.53. The van der Waals surface area contributed by atoms with Crippen molar-refractivity contribution in [2.24, 2.45) is 11.8 Å². The minimum atomic E-state index is -0.912. The number of nitrogens with zero attached hydrogens (tertiary/aromatic N) is 3. The summed E-state index contributed by atoms with van der Waals surface area (Å²) in [5.41, 5.74) is 0.946. The highest BCUT2D eigenvalue weighted by Gasteiger charge is 2.50. The number of piperidine rings is 1. The Kier molecular flexibility index (Phi) is 5.13. The van der Waals surface area contributed by atoms with Crippen LogP contribution in [-0.2, 0) is 10.5 Å². The van der Waals surface area contributed by atoms with E-state index in [4.69, 9.17) is 4.74 Å². The van der Waals surface area contributed by atoms with Gasteiger partial charge in [-0.2, -0.15) is 0 Å². The Labute approximate surface area is 215 Å². The molecule has 0 saturated carbocycles. The van der Waals surface area contributed by atoms with Gasteiger partial charge in [0.05, 0.1) is 12.6 Å². The quantitative estimate of drug-likeness (QED) is 0.526. The summed E-state index contributed by atoms with van der Waals surface area (Å²) in [4.78, 5) is 28.8. The smallest absolute Gasteiger partial charge is 0.278 e. The lowest BCUT2D eigenvalue weighted by molar-refractivity contribution is 0.0290. The standard InChI is InChI=1S/C27H23F2N3O4S/c28-19-6-5-16-18(23(19)29)13-37-21-4-2-1-3-17(21)24(16)32-22-9-14-11-36-12-15(14)10-30(22)27(35)25-26(34)20(33)7-8-31(25)32/h1-8,14-15,22,24,34H,9-13H2/t14?,15?,22-,24+/m1/s1. The summed E-state index contributed by atoms with van der Waals surface area (Å²) < 4.78 is 36.9. The number of fused-ring (bicyclic) bond motifs is 5. The number of amides is 1. The van der Waals surface area contributed by atoms with Crippen LogP contribution in [0.5, 0.6) is 5.75 Å². The Morgan fingerprint density at radius 3 is 2.68 bits per heavy atom. The van der Waals surface area contributed by atoms with E-state index in [9.17, 15) is 19.1 Å². The van der Waals surface area contributed by atoms with Crippen molar-refractivity contribution >= 4 is 17.7 Å². The summed E-state index contributed by atoms with van der Waals surface area (Å²) in [5, 5.41) is 12.7. The fraction of sp³-hybridized carbons (Fsp3) is 0.333. The van der Waals surface area contributed by atoms with Crippen molar-refractivity contribution < 1.29 is 23.4 Å². The summed E-state index contributed by atoms with van der Waals surface area (Å²) in [7, 11) is 0. The monoisotopic (exact) mass is 523 g/mol. The third-order valence-corrected chi connectivity index (χ3v) is 9.20. The van der Waals surface area contributed by atoms with Crippen LogP contribution in [0.25, 0.3) is 0 Å². The van der Waals surface area contributed by atoms with Crippen molar-refractivity contribution in [3.05, 3.63) is 92.9 Å². The van der Waals surface area contributed by atoms with Crippen molar-refractivity contribution in [2.75, 3.05) is 24.8 Å². The number of ether oxygens (including phenoxy) is 1. The number of aromatic hydroxyl groups is 1. The molecule has 0 spiro atoms. The molecule has 1 N–H and O–H groups in total. The van der Waals surface area contributed by atoms with Gasteiger partial charge in [-0.1, -0.05) is 24.3 Å². The predicted molar refractivity (Wildman–Crippen MR) is 132 cm³/mol. The van der Waals surface area contributed by atoms with Crippen LogP contribution >= 0.6 is 11.8 Å². The summed E-state index contributed by atoms with van der Waals surface area (Å²) in [6.07, 6.45) is 1.64. The molecule has 10 heteroatoms. The SMILES string of the molecule is O=C1c2c(O)c(=O)ccn2N([C@@H]2c3ccccc3SCc3c2ccc(F)c3F)[C@@H]2CC3COCC3CN12. The van der Waals surface area contributed by atoms with E-state index in [-0.39, 0.29) is 28.8 Å². The molecule has 5 heterocycles. The Bertz CT molecular complexity index is 1510. The largest absolute Gasteiger partial charge is 0.502 e. The molecule has 4 atom stereocenters. The van der Waals surface area contributed by atoms with Crippen LogP contribution in [0.3, 0.4) is 0 Å². The van der Waals surface area contributed by atoms with E-state index in [1.165, 1.54) is 24.0 Å². The highest BCUT2D eigenvalue weighted by atomic mass is 32.2. The van der Waals surface area contributed by atoms with E-state index in [2.05, 4.69) is 0 Å². The van der Waals surface area contributed by atoms with Crippen molar-refractivity contribution in [1.82, 2.24) is 9.58 Å². The second-order valence-corrected chi connectivity index (χ2v) is 11.0. The van der Waals surface area contributed by atoms with Gasteiger partial charge in [0.25, 0.3) is 5.91 Å². The number of carbonyl (C=O) groups is 1. The van der Waals surface area contributed by atoms with Crippen molar-refractivity contribution in [1.29, 1.82) is 0 Å². The van der Waals surface area contributed by atoms with Gasteiger partial charge in [0.2, 0.25) is 5.43 Å². The van der Waals surface area contributed by atoms with E-state index >= 15 is 4.39 Å². The average Bonchev–Trinajstić information content (AvgIpc) is 3.29. The lowest BCUT2D eigenvalue weighted by Crippen LogP contribution is -2.66. The highest BCUT2D eigenvalue weighted by Crippen LogP contribution is 2.47. The normalized spacial score (nSPS) is 26.1. The van der Waals surface area contributed by atoms with Crippen LogP contribution in [0, 0.1) is 23.5 Å². The van der Waals surface area contributed by atoms with Gasteiger partial charge < -0.3 is 14.7 Å². The van der Waals surface area contributed by atoms with Crippen LogP contribution in [0.2, 0.25) is 0 Å². The first kappa shape index (κ1) is 22.8. The Hall–Kier alpha value is -3.37. The average molecular weight is 524 g/mol. The van der Waals surface area contributed by atoms with Gasteiger partial charge in [0.15, 0.2) is 23.1 Å². The van der Waals surface area contributed by atoms with Crippen LogP contribution in [0.1, 0.15) is 39.6 Å². The van der Waals surface area contributed by atoms with E-state index in [1.54, 1.807) is 15.6 Å². The van der Waals surface area contributed by atoms with Gasteiger partial charge in [-0.05, 0) is 35.6 Å². The molecule has 0 aliphatic carbocycles. The number of hydrogen-bond acceptors (Lipinski definition) is 6. The maximum absolute atomic E-state index is 15.2. The van der Waals surface area contributed by atoms with E-state index < -0.39 is 40.9 Å². The molecule has 1 aromatic heterocycles. The number of thioether (sulfide) groups is 1. The van der Waals surface area contributed by atoms with Crippen LogP contribution in [0.4, 0.5) is 8.78 Å². The van der Waals surface area contributed by atoms with Crippen molar-refractivity contribution in [2.45, 2.75) is 29.3 Å². The summed E-state index contributed by atoms with van der Waals surface area (Å²) in [6, 6.07) is 11.1. The van der Waals surface area contributed by atoms with Gasteiger partial charge in [-0.25, -0.2) is 8.78 Å². The fourth-order valence-corrected chi connectivity index (χ4v) is 7.40. The lowest BCUT2D eigenvalue weighted by atomic mass is 9.84. The van der Waals surface area contributed by atoms with Gasteiger partial charge in [0, 0.05) is 47.5 Å². The first-order valence-corrected chi connectivity index (χ1v) is 13.2. The number of aromatic nitrogens is 1. The van der Waals surface area contributed by atoms with Crippen molar-refractivity contribution in [3.63, 3.8) is 0 Å². The molecule has 4 aliphatic heterocycles. The third-order valence-electron chi connectivity index (χ3n) is 8.08. The van der Waals surface area contributed by atoms with Gasteiger partial charge >= 0.3 is 0 Å².